The second-order valence-electron chi connectivity index (χ2n) is 4.73. The quantitative estimate of drug-likeness (QED) is 0.716. The molecule has 0 saturated heterocycles. The van der Waals surface area contributed by atoms with Crippen LogP contribution in [0.4, 0.5) is 0 Å². The fourth-order valence-electron chi connectivity index (χ4n) is 2.23. The molecule has 0 heterocycles. The molecule has 0 aliphatic carbocycles. The number of hydrogen-bond acceptors (Lipinski definition) is 1. The maximum absolute atomic E-state index is 3.54. The molecule has 1 rings (SSSR count). The first-order valence-electron chi connectivity index (χ1n) is 7.11. The predicted octanol–water partition coefficient (Wildman–Crippen LogP) is 3.96. The molecule has 0 amide bonds. The minimum Gasteiger partial charge on any atom is -0.314 e. The van der Waals surface area contributed by atoms with Crippen LogP contribution in [0.5, 0.6) is 0 Å². The highest BCUT2D eigenvalue weighted by Gasteiger charge is 2.03. The normalized spacial score (nSPS) is 12.6. The van der Waals surface area contributed by atoms with Gasteiger partial charge in [0.1, 0.15) is 0 Å². The van der Waals surface area contributed by atoms with E-state index in [-0.39, 0.29) is 0 Å². The first-order chi connectivity index (χ1) is 8.30. The molecule has 1 aromatic rings. The third-order valence-corrected chi connectivity index (χ3v) is 3.43. The Labute approximate surface area is 107 Å². The molecule has 1 heteroatoms. The minimum absolute atomic E-state index is 0.704. The molecular weight excluding hydrogens is 206 g/mol. The van der Waals surface area contributed by atoms with Gasteiger partial charge in [0.15, 0.2) is 0 Å². The Morgan fingerprint density at radius 2 is 1.65 bits per heavy atom. The summed E-state index contributed by atoms with van der Waals surface area (Å²) < 4.78 is 0. The second-order valence-corrected chi connectivity index (χ2v) is 4.73. The minimum atomic E-state index is 0.704. The van der Waals surface area contributed by atoms with Crippen molar-refractivity contribution < 1.29 is 0 Å². The molecule has 0 aliphatic rings. The van der Waals surface area contributed by atoms with Gasteiger partial charge in [-0.05, 0) is 49.8 Å². The summed E-state index contributed by atoms with van der Waals surface area (Å²) in [5.74, 6) is 0. The molecule has 0 aliphatic heterocycles. The second kappa shape index (κ2) is 8.30. The predicted molar refractivity (Wildman–Crippen MR) is 76.5 cm³/mol. The van der Waals surface area contributed by atoms with Crippen molar-refractivity contribution in [1.29, 1.82) is 0 Å². The van der Waals surface area contributed by atoms with Crippen molar-refractivity contribution in [3.05, 3.63) is 35.4 Å². The highest BCUT2D eigenvalue weighted by Crippen LogP contribution is 2.10. The average Bonchev–Trinajstić information content (AvgIpc) is 2.38. The number of benzene rings is 1. The summed E-state index contributed by atoms with van der Waals surface area (Å²) >= 11 is 0. The molecule has 0 radical (unpaired) electrons. The number of hydrogen-bond donors (Lipinski definition) is 1. The molecule has 0 fully saturated rings. The van der Waals surface area contributed by atoms with Crippen molar-refractivity contribution in [2.45, 2.75) is 58.9 Å². The molecule has 17 heavy (non-hydrogen) atoms. The van der Waals surface area contributed by atoms with Gasteiger partial charge in [0.05, 0.1) is 0 Å². The van der Waals surface area contributed by atoms with E-state index in [9.17, 15) is 0 Å². The van der Waals surface area contributed by atoms with Gasteiger partial charge >= 0.3 is 0 Å². The van der Waals surface area contributed by atoms with Gasteiger partial charge in [-0.15, -0.1) is 0 Å². The highest BCUT2D eigenvalue weighted by atomic mass is 14.9. The third-order valence-electron chi connectivity index (χ3n) is 3.43. The Kier molecular flexibility index (Phi) is 6.95. The third kappa shape index (κ3) is 5.36. The molecule has 1 nitrogen and oxygen atoms in total. The smallest absolute Gasteiger partial charge is 0.00644 e. The van der Waals surface area contributed by atoms with Crippen LogP contribution >= 0.6 is 0 Å². The van der Waals surface area contributed by atoms with E-state index in [1.807, 2.05) is 0 Å². The summed E-state index contributed by atoms with van der Waals surface area (Å²) in [5, 5.41) is 3.54. The van der Waals surface area contributed by atoms with Crippen molar-refractivity contribution in [2.75, 3.05) is 6.54 Å². The standard InChI is InChI=1S/C16H27N/c1-4-14-10-12-15(13-11-14)8-7-9-16(5-2)17-6-3/h10-13,16-17H,4-9H2,1-3H3. The molecule has 1 atom stereocenters. The van der Waals surface area contributed by atoms with Gasteiger partial charge in [0, 0.05) is 6.04 Å². The number of nitrogens with one attached hydrogen (secondary N) is 1. The summed E-state index contributed by atoms with van der Waals surface area (Å²) in [5.41, 5.74) is 2.92. The van der Waals surface area contributed by atoms with E-state index in [4.69, 9.17) is 0 Å². The maximum atomic E-state index is 3.54. The monoisotopic (exact) mass is 233 g/mol. The zero-order valence-electron chi connectivity index (χ0n) is 11.6. The van der Waals surface area contributed by atoms with Gasteiger partial charge in [-0.25, -0.2) is 0 Å². The Hall–Kier alpha value is -0.820. The van der Waals surface area contributed by atoms with Gasteiger partial charge in [-0.1, -0.05) is 45.0 Å². The lowest BCUT2D eigenvalue weighted by molar-refractivity contribution is 0.467. The van der Waals surface area contributed by atoms with Crippen LogP contribution in [-0.2, 0) is 12.8 Å². The summed E-state index contributed by atoms with van der Waals surface area (Å²) in [6.07, 6.45) is 6.17. The molecule has 0 bridgehead atoms. The Morgan fingerprint density at radius 1 is 1.00 bits per heavy atom. The summed E-state index contributed by atoms with van der Waals surface area (Å²) in [4.78, 5) is 0. The van der Waals surface area contributed by atoms with Crippen LogP contribution in [0, 0.1) is 0 Å². The van der Waals surface area contributed by atoms with Crippen molar-refractivity contribution in [2.24, 2.45) is 0 Å². The maximum Gasteiger partial charge on any atom is 0.00644 e. The highest BCUT2D eigenvalue weighted by molar-refractivity contribution is 5.22. The molecule has 1 unspecified atom stereocenters. The lowest BCUT2D eigenvalue weighted by Crippen LogP contribution is -2.27. The Morgan fingerprint density at radius 3 is 2.18 bits per heavy atom. The SMILES string of the molecule is CCNC(CC)CCCc1ccc(CC)cc1. The molecule has 0 spiro atoms. The van der Waals surface area contributed by atoms with E-state index >= 15 is 0 Å². The first kappa shape index (κ1) is 14.2. The summed E-state index contributed by atoms with van der Waals surface area (Å²) in [7, 11) is 0. The van der Waals surface area contributed by atoms with Crippen molar-refractivity contribution >= 4 is 0 Å². The Balaban J connectivity index is 2.29. The zero-order valence-corrected chi connectivity index (χ0v) is 11.6. The number of aryl methyl sites for hydroxylation is 2. The van der Waals surface area contributed by atoms with Gasteiger partial charge in [-0.3, -0.25) is 0 Å². The van der Waals surface area contributed by atoms with Crippen LogP contribution < -0.4 is 5.32 Å². The van der Waals surface area contributed by atoms with Gasteiger partial charge in [0.2, 0.25) is 0 Å². The first-order valence-corrected chi connectivity index (χ1v) is 7.11. The molecule has 0 aromatic heterocycles. The molecule has 1 N–H and O–H groups in total. The van der Waals surface area contributed by atoms with Crippen LogP contribution in [0.2, 0.25) is 0 Å². The van der Waals surface area contributed by atoms with E-state index in [0.717, 1.165) is 13.0 Å². The summed E-state index contributed by atoms with van der Waals surface area (Å²) in [6, 6.07) is 9.79. The van der Waals surface area contributed by atoms with Crippen LogP contribution in [0.1, 0.15) is 51.2 Å². The fraction of sp³-hybridized carbons (Fsp3) is 0.625. The van der Waals surface area contributed by atoms with Gasteiger partial charge in [0.25, 0.3) is 0 Å². The lowest BCUT2D eigenvalue weighted by Gasteiger charge is -2.15. The summed E-state index contributed by atoms with van der Waals surface area (Å²) in [6.45, 7) is 7.75. The van der Waals surface area contributed by atoms with Crippen LogP contribution in [-0.4, -0.2) is 12.6 Å². The fourth-order valence-corrected chi connectivity index (χ4v) is 2.23. The average molecular weight is 233 g/mol. The van der Waals surface area contributed by atoms with Crippen molar-refractivity contribution in [1.82, 2.24) is 5.32 Å². The van der Waals surface area contributed by atoms with Crippen LogP contribution in [0.3, 0.4) is 0 Å². The zero-order chi connectivity index (χ0) is 12.5. The van der Waals surface area contributed by atoms with E-state index < -0.39 is 0 Å². The van der Waals surface area contributed by atoms with E-state index in [1.54, 1.807) is 0 Å². The Bertz CT molecular complexity index is 289. The molecular formula is C16H27N. The van der Waals surface area contributed by atoms with Crippen LogP contribution in [0.25, 0.3) is 0 Å². The number of rotatable bonds is 8. The van der Waals surface area contributed by atoms with E-state index in [1.165, 1.54) is 36.8 Å². The van der Waals surface area contributed by atoms with Gasteiger partial charge < -0.3 is 5.32 Å². The van der Waals surface area contributed by atoms with Crippen molar-refractivity contribution in [3.8, 4) is 0 Å². The largest absolute Gasteiger partial charge is 0.314 e. The van der Waals surface area contributed by atoms with Crippen molar-refractivity contribution in [3.63, 3.8) is 0 Å². The molecule has 1 aromatic carbocycles. The topological polar surface area (TPSA) is 12.0 Å². The van der Waals surface area contributed by atoms with Gasteiger partial charge in [-0.2, -0.15) is 0 Å². The van der Waals surface area contributed by atoms with E-state index in [0.29, 0.717) is 6.04 Å². The lowest BCUT2D eigenvalue weighted by atomic mass is 10.0. The molecule has 0 saturated carbocycles. The molecule has 96 valence electrons. The van der Waals surface area contributed by atoms with E-state index in [2.05, 4.69) is 50.4 Å². The van der Waals surface area contributed by atoms with Crippen LogP contribution in [0.15, 0.2) is 24.3 Å².